The van der Waals surface area contributed by atoms with Crippen molar-refractivity contribution in [1.82, 2.24) is 15.2 Å². The highest BCUT2D eigenvalue weighted by Crippen LogP contribution is 2.21. The van der Waals surface area contributed by atoms with Gasteiger partial charge in [0.15, 0.2) is 5.13 Å². The third-order valence-corrected chi connectivity index (χ3v) is 4.99. The minimum Gasteiger partial charge on any atom is -0.379 e. The summed E-state index contributed by atoms with van der Waals surface area (Å²) < 4.78 is 5.49. The van der Waals surface area contributed by atoms with Crippen molar-refractivity contribution in [2.24, 2.45) is 5.41 Å². The van der Waals surface area contributed by atoms with Crippen molar-refractivity contribution in [1.29, 1.82) is 0 Å². The molecule has 130 valence electrons. The minimum absolute atomic E-state index is 0.00244. The Hall–Kier alpha value is -1.34. The van der Waals surface area contributed by atoms with Crippen LogP contribution in [0.1, 0.15) is 27.2 Å². The maximum atomic E-state index is 12.4. The van der Waals surface area contributed by atoms with E-state index in [-0.39, 0.29) is 17.6 Å². The Balaban J connectivity index is 1.83. The second kappa shape index (κ2) is 7.97. The van der Waals surface area contributed by atoms with Crippen LogP contribution >= 0.6 is 11.3 Å². The van der Waals surface area contributed by atoms with Gasteiger partial charge < -0.3 is 19.9 Å². The Morgan fingerprint density at radius 2 is 2.17 bits per heavy atom. The zero-order valence-corrected chi connectivity index (χ0v) is 15.4. The first-order valence-electron chi connectivity index (χ1n) is 8.12. The average molecular weight is 340 g/mol. The molecule has 0 unspecified atom stereocenters. The summed E-state index contributed by atoms with van der Waals surface area (Å²) in [6.07, 6.45) is 2.79. The molecule has 2 rings (SSSR count). The van der Waals surface area contributed by atoms with Crippen LogP contribution in [0.4, 0.5) is 9.93 Å². The molecule has 2 heterocycles. The van der Waals surface area contributed by atoms with Gasteiger partial charge >= 0.3 is 6.03 Å². The van der Waals surface area contributed by atoms with E-state index in [4.69, 9.17) is 4.74 Å². The molecule has 1 N–H and O–H groups in total. The van der Waals surface area contributed by atoms with Crippen molar-refractivity contribution < 1.29 is 9.53 Å². The van der Waals surface area contributed by atoms with Gasteiger partial charge in [-0.2, -0.15) is 0 Å². The third kappa shape index (κ3) is 5.07. The van der Waals surface area contributed by atoms with Gasteiger partial charge in [-0.1, -0.05) is 20.8 Å². The van der Waals surface area contributed by atoms with Crippen LogP contribution in [-0.2, 0) is 4.74 Å². The monoisotopic (exact) mass is 340 g/mol. The van der Waals surface area contributed by atoms with Crippen molar-refractivity contribution >= 4 is 22.5 Å². The van der Waals surface area contributed by atoms with Crippen molar-refractivity contribution in [3.8, 4) is 0 Å². The van der Waals surface area contributed by atoms with E-state index in [0.717, 1.165) is 37.7 Å². The van der Waals surface area contributed by atoms with Crippen LogP contribution in [0.3, 0.4) is 0 Å². The summed E-state index contributed by atoms with van der Waals surface area (Å²) in [5.41, 5.74) is 0.00244. The number of hydrogen-bond donors (Lipinski definition) is 1. The Morgan fingerprint density at radius 1 is 1.39 bits per heavy atom. The lowest BCUT2D eigenvalue weighted by Crippen LogP contribution is -2.47. The number of hydrogen-bond acceptors (Lipinski definition) is 5. The maximum Gasteiger partial charge on any atom is 0.317 e. The molecule has 1 aromatic rings. The Kier molecular flexibility index (Phi) is 6.24. The number of thiazole rings is 1. The van der Waals surface area contributed by atoms with Gasteiger partial charge in [-0.15, -0.1) is 11.3 Å². The highest BCUT2D eigenvalue weighted by molar-refractivity contribution is 7.13. The van der Waals surface area contributed by atoms with Crippen LogP contribution in [-0.4, -0.2) is 61.9 Å². The van der Waals surface area contributed by atoms with Crippen molar-refractivity contribution in [2.75, 3.05) is 44.7 Å². The second-order valence-electron chi connectivity index (χ2n) is 6.92. The molecule has 0 bridgehead atoms. The molecule has 0 saturated carbocycles. The highest BCUT2D eigenvalue weighted by Gasteiger charge is 2.26. The topological polar surface area (TPSA) is 57.7 Å². The molecule has 1 aliphatic rings. The first kappa shape index (κ1) is 18.0. The minimum atomic E-state index is -0.00251. The van der Waals surface area contributed by atoms with E-state index in [1.807, 2.05) is 16.5 Å². The summed E-state index contributed by atoms with van der Waals surface area (Å²) in [4.78, 5) is 20.9. The number of nitrogens with zero attached hydrogens (tertiary/aromatic N) is 3. The van der Waals surface area contributed by atoms with Crippen molar-refractivity contribution in [3.63, 3.8) is 0 Å². The van der Waals surface area contributed by atoms with Gasteiger partial charge in [-0.05, 0) is 11.8 Å². The van der Waals surface area contributed by atoms with E-state index in [1.54, 1.807) is 18.4 Å². The van der Waals surface area contributed by atoms with E-state index in [1.165, 1.54) is 0 Å². The summed E-state index contributed by atoms with van der Waals surface area (Å²) in [6.45, 7) is 10.2. The molecule has 0 aliphatic carbocycles. The summed E-state index contributed by atoms with van der Waals surface area (Å²) in [5, 5.41) is 6.05. The molecule has 1 aromatic heterocycles. The van der Waals surface area contributed by atoms with Crippen LogP contribution in [0, 0.1) is 5.41 Å². The van der Waals surface area contributed by atoms with E-state index in [2.05, 4.69) is 36.0 Å². The van der Waals surface area contributed by atoms with Gasteiger partial charge in [-0.3, -0.25) is 0 Å². The standard InChI is InChI=1S/C16H28N4O2S/c1-16(2,3)13(22-4)12-18-14(21)19-7-5-8-20(10-9-19)15-17-6-11-23-15/h6,11,13H,5,7-10,12H2,1-4H3,(H,18,21)/t13-/m0/s1. The zero-order valence-electron chi connectivity index (χ0n) is 14.5. The zero-order chi connectivity index (χ0) is 16.9. The van der Waals surface area contributed by atoms with Crippen LogP contribution in [0.5, 0.6) is 0 Å². The van der Waals surface area contributed by atoms with Crippen LogP contribution in [0.15, 0.2) is 11.6 Å². The predicted octanol–water partition coefficient (Wildman–Crippen LogP) is 2.43. The van der Waals surface area contributed by atoms with Crippen LogP contribution < -0.4 is 10.2 Å². The van der Waals surface area contributed by atoms with Gasteiger partial charge in [-0.25, -0.2) is 9.78 Å². The normalized spacial score (nSPS) is 17.7. The number of amides is 2. The Morgan fingerprint density at radius 3 is 2.78 bits per heavy atom. The van der Waals surface area contributed by atoms with Crippen LogP contribution in [0.25, 0.3) is 0 Å². The summed E-state index contributed by atoms with van der Waals surface area (Å²) in [7, 11) is 1.69. The lowest BCUT2D eigenvalue weighted by atomic mass is 9.89. The number of ether oxygens (including phenoxy) is 1. The molecular weight excluding hydrogens is 312 g/mol. The number of carbonyl (C=O) groups is 1. The van der Waals surface area contributed by atoms with Gasteiger partial charge in [0, 0.05) is 51.4 Å². The smallest absolute Gasteiger partial charge is 0.317 e. The summed E-state index contributed by atoms with van der Waals surface area (Å²) in [5.74, 6) is 0. The fourth-order valence-electron chi connectivity index (χ4n) is 2.72. The van der Waals surface area contributed by atoms with E-state index < -0.39 is 0 Å². The predicted molar refractivity (Wildman–Crippen MR) is 94.2 cm³/mol. The summed E-state index contributed by atoms with van der Waals surface area (Å²) >= 11 is 1.65. The number of aromatic nitrogens is 1. The second-order valence-corrected chi connectivity index (χ2v) is 7.79. The van der Waals surface area contributed by atoms with Crippen molar-refractivity contribution in [2.45, 2.75) is 33.3 Å². The van der Waals surface area contributed by atoms with E-state index >= 15 is 0 Å². The summed E-state index contributed by atoms with van der Waals surface area (Å²) in [6, 6.07) is -0.00251. The number of urea groups is 1. The fraction of sp³-hybridized carbons (Fsp3) is 0.750. The van der Waals surface area contributed by atoms with Gasteiger partial charge in [0.1, 0.15) is 0 Å². The number of carbonyl (C=O) groups excluding carboxylic acids is 1. The van der Waals surface area contributed by atoms with Gasteiger partial charge in [0.05, 0.1) is 6.10 Å². The molecule has 1 aliphatic heterocycles. The quantitative estimate of drug-likeness (QED) is 0.914. The number of nitrogens with one attached hydrogen (secondary N) is 1. The van der Waals surface area contributed by atoms with Crippen molar-refractivity contribution in [3.05, 3.63) is 11.6 Å². The van der Waals surface area contributed by atoms with Gasteiger partial charge in [0.25, 0.3) is 0 Å². The number of methoxy groups -OCH3 is 1. The molecule has 7 heteroatoms. The lowest BCUT2D eigenvalue weighted by Gasteiger charge is -2.30. The van der Waals surface area contributed by atoms with E-state index in [9.17, 15) is 4.79 Å². The average Bonchev–Trinajstić information content (AvgIpc) is 2.91. The molecule has 23 heavy (non-hydrogen) atoms. The van der Waals surface area contributed by atoms with Gasteiger partial charge in [0.2, 0.25) is 0 Å². The molecule has 0 radical (unpaired) electrons. The highest BCUT2D eigenvalue weighted by atomic mass is 32.1. The molecule has 1 atom stereocenters. The van der Waals surface area contributed by atoms with Crippen LogP contribution in [0.2, 0.25) is 0 Å². The molecule has 0 aromatic carbocycles. The molecule has 1 fully saturated rings. The SMILES string of the molecule is CO[C@@H](CNC(=O)N1CCCN(c2nccs2)CC1)C(C)(C)C. The fourth-order valence-corrected chi connectivity index (χ4v) is 3.42. The molecule has 6 nitrogen and oxygen atoms in total. The number of rotatable bonds is 4. The first-order valence-corrected chi connectivity index (χ1v) is 9.00. The number of anilines is 1. The maximum absolute atomic E-state index is 12.4. The lowest BCUT2D eigenvalue weighted by molar-refractivity contribution is 0.0186. The largest absolute Gasteiger partial charge is 0.379 e. The van der Waals surface area contributed by atoms with E-state index in [0.29, 0.717) is 6.54 Å². The molecule has 1 saturated heterocycles. The Labute approximate surface area is 142 Å². The third-order valence-electron chi connectivity index (χ3n) is 4.16. The molecule has 0 spiro atoms. The molecular formula is C16H28N4O2S. The Bertz CT molecular complexity index is 487. The first-order chi connectivity index (χ1) is 10.9. The molecule has 2 amide bonds.